The van der Waals surface area contributed by atoms with Gasteiger partial charge in [0, 0.05) is 43.6 Å². The summed E-state index contributed by atoms with van der Waals surface area (Å²) in [4.78, 5) is 15.0. The number of rotatable bonds is 3. The number of carbonyl (C=O) groups is 1. The predicted molar refractivity (Wildman–Crippen MR) is 90.1 cm³/mol. The molecule has 0 saturated carbocycles. The Bertz CT molecular complexity index is 727. The molecule has 124 valence electrons. The highest BCUT2D eigenvalue weighted by Gasteiger charge is 2.30. The molecule has 3 heterocycles. The van der Waals surface area contributed by atoms with Crippen molar-refractivity contribution in [1.29, 1.82) is 0 Å². The van der Waals surface area contributed by atoms with E-state index in [4.69, 9.17) is 0 Å². The topological polar surface area (TPSA) is 43.1 Å². The zero-order valence-electron chi connectivity index (χ0n) is 14.7. The molecule has 2 atom stereocenters. The molecule has 0 bridgehead atoms. The standard InChI is InChI=1S/C18H26N4O/c1-12(11-16-13(2)19-20(5)14(16)3)18(23)22-10-9-21-8-6-7-17(21)15(22)4/h6-8,12,15H,9-11H2,1-5H3/t12-,15-/m0/s1. The minimum Gasteiger partial charge on any atom is -0.348 e. The Morgan fingerprint density at radius 1 is 1.39 bits per heavy atom. The van der Waals surface area contributed by atoms with E-state index in [9.17, 15) is 4.79 Å². The molecule has 0 fully saturated rings. The molecule has 1 aliphatic rings. The summed E-state index contributed by atoms with van der Waals surface area (Å²) in [5.74, 6) is 0.216. The molecule has 0 aliphatic carbocycles. The van der Waals surface area contributed by atoms with E-state index < -0.39 is 0 Å². The number of aryl methyl sites for hydroxylation is 2. The third-order valence-corrected chi connectivity index (χ3v) is 5.22. The molecular formula is C18H26N4O. The van der Waals surface area contributed by atoms with Crippen LogP contribution in [0, 0.1) is 19.8 Å². The number of aromatic nitrogens is 3. The van der Waals surface area contributed by atoms with Crippen molar-refractivity contribution >= 4 is 5.91 Å². The Labute approximate surface area is 137 Å². The Balaban J connectivity index is 1.75. The number of nitrogens with zero attached hydrogens (tertiary/aromatic N) is 4. The summed E-state index contributed by atoms with van der Waals surface area (Å²) in [5.41, 5.74) is 4.62. The van der Waals surface area contributed by atoms with Gasteiger partial charge in [0.05, 0.1) is 11.7 Å². The molecule has 0 saturated heterocycles. The summed E-state index contributed by atoms with van der Waals surface area (Å²) in [7, 11) is 1.96. The smallest absolute Gasteiger partial charge is 0.226 e. The highest BCUT2D eigenvalue weighted by atomic mass is 16.2. The molecule has 2 aromatic rings. The Morgan fingerprint density at radius 2 is 2.13 bits per heavy atom. The van der Waals surface area contributed by atoms with Gasteiger partial charge < -0.3 is 9.47 Å². The lowest BCUT2D eigenvalue weighted by Gasteiger charge is -2.36. The van der Waals surface area contributed by atoms with Gasteiger partial charge >= 0.3 is 0 Å². The van der Waals surface area contributed by atoms with Crippen LogP contribution in [0.4, 0.5) is 0 Å². The summed E-state index contributed by atoms with van der Waals surface area (Å²) >= 11 is 0. The van der Waals surface area contributed by atoms with Crippen molar-refractivity contribution in [1.82, 2.24) is 19.2 Å². The van der Waals surface area contributed by atoms with Crippen molar-refractivity contribution in [3.05, 3.63) is 41.0 Å². The highest BCUT2D eigenvalue weighted by Crippen LogP contribution is 2.28. The van der Waals surface area contributed by atoms with Crippen LogP contribution in [0.5, 0.6) is 0 Å². The lowest BCUT2D eigenvalue weighted by atomic mass is 9.97. The Hall–Kier alpha value is -2.04. The maximum Gasteiger partial charge on any atom is 0.226 e. The van der Waals surface area contributed by atoms with Gasteiger partial charge in [0.2, 0.25) is 5.91 Å². The van der Waals surface area contributed by atoms with E-state index in [1.807, 2.05) is 30.5 Å². The van der Waals surface area contributed by atoms with Gasteiger partial charge in [-0.3, -0.25) is 9.48 Å². The molecule has 23 heavy (non-hydrogen) atoms. The SMILES string of the molecule is Cc1nn(C)c(C)c1C[C@H](C)C(=O)N1CCn2cccc2[C@@H]1C. The number of fused-ring (bicyclic) bond motifs is 1. The second kappa shape index (κ2) is 5.87. The van der Waals surface area contributed by atoms with E-state index >= 15 is 0 Å². The number of hydrogen-bond donors (Lipinski definition) is 0. The first-order valence-electron chi connectivity index (χ1n) is 8.34. The molecule has 0 unspecified atom stereocenters. The molecule has 0 spiro atoms. The summed E-state index contributed by atoms with van der Waals surface area (Å²) in [6.07, 6.45) is 2.86. The van der Waals surface area contributed by atoms with E-state index in [1.165, 1.54) is 11.3 Å². The Kier molecular flexibility index (Phi) is 4.04. The fourth-order valence-electron chi connectivity index (χ4n) is 3.67. The Morgan fingerprint density at radius 3 is 2.78 bits per heavy atom. The van der Waals surface area contributed by atoms with Crippen LogP contribution in [0.25, 0.3) is 0 Å². The third kappa shape index (κ3) is 2.69. The van der Waals surface area contributed by atoms with Crippen LogP contribution in [-0.4, -0.2) is 31.7 Å². The van der Waals surface area contributed by atoms with Crippen molar-refractivity contribution in [2.45, 2.75) is 46.7 Å². The van der Waals surface area contributed by atoms with Crippen LogP contribution in [0.3, 0.4) is 0 Å². The van der Waals surface area contributed by atoms with Gasteiger partial charge in [0.1, 0.15) is 0 Å². The molecule has 5 heteroatoms. The number of amides is 1. The van der Waals surface area contributed by atoms with E-state index in [0.29, 0.717) is 0 Å². The van der Waals surface area contributed by atoms with Gasteiger partial charge in [-0.05, 0) is 44.9 Å². The third-order valence-electron chi connectivity index (χ3n) is 5.22. The van der Waals surface area contributed by atoms with Gasteiger partial charge in [-0.15, -0.1) is 0 Å². The van der Waals surface area contributed by atoms with Gasteiger partial charge in [-0.2, -0.15) is 5.10 Å². The summed E-state index contributed by atoms with van der Waals surface area (Å²) in [6.45, 7) is 9.93. The monoisotopic (exact) mass is 314 g/mol. The largest absolute Gasteiger partial charge is 0.348 e. The fourth-order valence-corrected chi connectivity index (χ4v) is 3.67. The quantitative estimate of drug-likeness (QED) is 0.874. The molecule has 3 rings (SSSR count). The van der Waals surface area contributed by atoms with E-state index in [-0.39, 0.29) is 17.9 Å². The first kappa shape index (κ1) is 15.8. The second-order valence-corrected chi connectivity index (χ2v) is 6.71. The van der Waals surface area contributed by atoms with Crippen LogP contribution in [-0.2, 0) is 24.8 Å². The molecule has 1 aliphatic heterocycles. The average Bonchev–Trinajstić information content (AvgIpc) is 3.08. The zero-order valence-corrected chi connectivity index (χ0v) is 14.7. The predicted octanol–water partition coefficient (Wildman–Crippen LogP) is 2.62. The molecule has 0 N–H and O–H groups in total. The van der Waals surface area contributed by atoms with Crippen LogP contribution in [0.1, 0.15) is 42.5 Å². The normalized spacial score (nSPS) is 18.8. The lowest BCUT2D eigenvalue weighted by molar-refractivity contribution is -0.138. The fraction of sp³-hybridized carbons (Fsp3) is 0.556. The van der Waals surface area contributed by atoms with Gasteiger partial charge in [0.25, 0.3) is 0 Å². The van der Waals surface area contributed by atoms with Crippen LogP contribution in [0.2, 0.25) is 0 Å². The van der Waals surface area contributed by atoms with E-state index in [2.05, 4.69) is 41.8 Å². The van der Waals surface area contributed by atoms with Crippen molar-refractivity contribution in [3.8, 4) is 0 Å². The van der Waals surface area contributed by atoms with Gasteiger partial charge in [-0.25, -0.2) is 0 Å². The van der Waals surface area contributed by atoms with Crippen molar-refractivity contribution < 1.29 is 4.79 Å². The van der Waals surface area contributed by atoms with Crippen LogP contribution in [0.15, 0.2) is 18.3 Å². The van der Waals surface area contributed by atoms with Crippen molar-refractivity contribution in [3.63, 3.8) is 0 Å². The first-order valence-corrected chi connectivity index (χ1v) is 8.34. The summed E-state index contributed by atoms with van der Waals surface area (Å²) in [6, 6.07) is 4.32. The molecule has 5 nitrogen and oxygen atoms in total. The summed E-state index contributed by atoms with van der Waals surface area (Å²) in [5, 5.41) is 4.46. The van der Waals surface area contributed by atoms with E-state index in [0.717, 1.165) is 30.9 Å². The van der Waals surface area contributed by atoms with Gasteiger partial charge in [0.15, 0.2) is 0 Å². The van der Waals surface area contributed by atoms with Crippen LogP contribution >= 0.6 is 0 Å². The first-order chi connectivity index (χ1) is 10.9. The van der Waals surface area contributed by atoms with E-state index in [1.54, 1.807) is 0 Å². The van der Waals surface area contributed by atoms with Crippen molar-refractivity contribution in [2.24, 2.45) is 13.0 Å². The second-order valence-electron chi connectivity index (χ2n) is 6.71. The molecule has 0 aromatic carbocycles. The minimum atomic E-state index is -0.0273. The molecule has 0 radical (unpaired) electrons. The highest BCUT2D eigenvalue weighted by molar-refractivity contribution is 5.79. The molecule has 1 amide bonds. The summed E-state index contributed by atoms with van der Waals surface area (Å²) < 4.78 is 4.15. The van der Waals surface area contributed by atoms with Crippen molar-refractivity contribution in [2.75, 3.05) is 6.54 Å². The number of carbonyl (C=O) groups excluding carboxylic acids is 1. The van der Waals surface area contributed by atoms with Crippen LogP contribution < -0.4 is 0 Å². The maximum atomic E-state index is 13.0. The van der Waals surface area contributed by atoms with Gasteiger partial charge in [-0.1, -0.05) is 6.92 Å². The maximum absolute atomic E-state index is 13.0. The zero-order chi connectivity index (χ0) is 16.7. The molecule has 2 aromatic heterocycles. The minimum absolute atomic E-state index is 0.0273. The molecular weight excluding hydrogens is 288 g/mol. The average molecular weight is 314 g/mol. The lowest BCUT2D eigenvalue weighted by Crippen LogP contribution is -2.43. The number of hydrogen-bond acceptors (Lipinski definition) is 2.